The van der Waals surface area contributed by atoms with E-state index in [2.05, 4.69) is 20.8 Å². The van der Waals surface area contributed by atoms with Crippen molar-refractivity contribution in [1.29, 1.82) is 0 Å². The Morgan fingerprint density at radius 2 is 0.947 bits per heavy atom. The third-order valence-electron chi connectivity index (χ3n) is 3.37. The average Bonchev–Trinajstić information content (AvgIpc) is 2.39. The van der Waals surface area contributed by atoms with Gasteiger partial charge in [-0.15, -0.1) is 0 Å². The highest BCUT2D eigenvalue weighted by Crippen LogP contribution is 2.30. The number of rotatable bonds is 12. The summed E-state index contributed by atoms with van der Waals surface area (Å²) in [7, 11) is -4.38. The summed E-state index contributed by atoms with van der Waals surface area (Å²) in [6, 6.07) is 2.17. The first-order chi connectivity index (χ1) is 9.07. The summed E-state index contributed by atoms with van der Waals surface area (Å²) >= 11 is 0. The molecule has 0 fully saturated rings. The molecule has 0 aromatic heterocycles. The van der Waals surface area contributed by atoms with Gasteiger partial charge in [0.2, 0.25) is 0 Å². The molecule has 0 aliphatic carbocycles. The van der Waals surface area contributed by atoms with Gasteiger partial charge in [0, 0.05) is 32.1 Å². The Morgan fingerprint density at radius 1 is 0.579 bits per heavy atom. The summed E-state index contributed by atoms with van der Waals surface area (Å²) in [6.07, 6.45) is 0. The monoisotopic (exact) mass is 308 g/mol. The van der Waals surface area contributed by atoms with Gasteiger partial charge in [-0.05, 0) is 39.8 Å². The van der Waals surface area contributed by atoms with Crippen molar-refractivity contribution in [2.24, 2.45) is 0 Å². The predicted octanol–water partition coefficient (Wildman–Crippen LogP) is 3.60. The fourth-order valence-corrected chi connectivity index (χ4v) is 12.3. The quantitative estimate of drug-likeness (QED) is 0.516. The minimum atomic E-state index is -2.57. The fourth-order valence-electron chi connectivity index (χ4n) is 2.39. The van der Waals surface area contributed by atoms with Crippen LogP contribution in [0.2, 0.25) is 17.8 Å². The van der Waals surface area contributed by atoms with Gasteiger partial charge in [-0.1, -0.05) is 13.8 Å². The highest BCUT2D eigenvalue weighted by molar-refractivity contribution is 6.86. The topological polar surface area (TPSA) is 36.9 Å². The minimum Gasteiger partial charge on any atom is -0.417 e. The van der Waals surface area contributed by atoms with E-state index in [0.29, 0.717) is 19.8 Å². The van der Waals surface area contributed by atoms with E-state index in [1.165, 1.54) is 0 Å². The molecule has 0 saturated carbocycles. The zero-order valence-electron chi connectivity index (χ0n) is 13.6. The maximum absolute atomic E-state index is 6.16. The second-order valence-electron chi connectivity index (χ2n) is 4.48. The van der Waals surface area contributed by atoms with Gasteiger partial charge in [-0.25, -0.2) is 0 Å². The highest BCUT2D eigenvalue weighted by Gasteiger charge is 2.49. The lowest BCUT2D eigenvalue weighted by Crippen LogP contribution is -2.55. The van der Waals surface area contributed by atoms with Gasteiger partial charge in [0.25, 0.3) is 0 Å². The third-order valence-corrected chi connectivity index (χ3v) is 13.3. The van der Waals surface area contributed by atoms with Crippen molar-refractivity contribution < 1.29 is 17.7 Å². The van der Waals surface area contributed by atoms with Crippen molar-refractivity contribution in [2.45, 2.75) is 59.3 Å². The molecule has 0 aromatic rings. The molecule has 19 heavy (non-hydrogen) atoms. The first-order valence-electron chi connectivity index (χ1n) is 7.63. The van der Waals surface area contributed by atoms with Crippen molar-refractivity contribution >= 4 is 17.1 Å². The summed E-state index contributed by atoms with van der Waals surface area (Å²) in [6.45, 7) is 15.2. The second kappa shape index (κ2) is 10.1. The van der Waals surface area contributed by atoms with Crippen LogP contribution in [0.4, 0.5) is 0 Å². The Balaban J connectivity index is 5.10. The molecule has 0 amide bonds. The standard InChI is InChI=1S/C13H32O4Si2/c1-7-14-18(11-5,12-6)13-19(15-8-2,16-9-3)17-10-4/h7-13H2,1-6H3. The van der Waals surface area contributed by atoms with Crippen LogP contribution in [0, 0.1) is 0 Å². The molecule has 0 N–H and O–H groups in total. The van der Waals surface area contributed by atoms with E-state index in [9.17, 15) is 0 Å². The number of hydrogen-bond donors (Lipinski definition) is 0. The predicted molar refractivity (Wildman–Crippen MR) is 83.8 cm³/mol. The minimum absolute atomic E-state index is 0.635. The lowest BCUT2D eigenvalue weighted by Gasteiger charge is -2.37. The molecule has 0 aliphatic rings. The summed E-state index contributed by atoms with van der Waals surface area (Å²) < 4.78 is 24.1. The van der Waals surface area contributed by atoms with E-state index >= 15 is 0 Å². The van der Waals surface area contributed by atoms with Gasteiger partial charge >= 0.3 is 8.80 Å². The highest BCUT2D eigenvalue weighted by atomic mass is 28.4. The van der Waals surface area contributed by atoms with E-state index in [0.717, 1.165) is 24.4 Å². The smallest absolute Gasteiger partial charge is 0.417 e. The van der Waals surface area contributed by atoms with Gasteiger partial charge in [-0.3, -0.25) is 0 Å². The van der Waals surface area contributed by atoms with E-state index in [-0.39, 0.29) is 0 Å². The second-order valence-corrected chi connectivity index (χ2v) is 12.2. The molecule has 6 heteroatoms. The van der Waals surface area contributed by atoms with Crippen LogP contribution < -0.4 is 0 Å². The van der Waals surface area contributed by atoms with Crippen LogP contribution >= 0.6 is 0 Å². The van der Waals surface area contributed by atoms with Crippen LogP contribution in [-0.4, -0.2) is 43.5 Å². The molecule has 0 atom stereocenters. The first-order valence-corrected chi connectivity index (χ1v) is 12.1. The van der Waals surface area contributed by atoms with E-state index in [4.69, 9.17) is 17.7 Å². The van der Waals surface area contributed by atoms with Crippen LogP contribution in [0.15, 0.2) is 0 Å². The zero-order valence-corrected chi connectivity index (χ0v) is 15.6. The molecule has 116 valence electrons. The van der Waals surface area contributed by atoms with Crippen molar-refractivity contribution in [3.05, 3.63) is 0 Å². The van der Waals surface area contributed by atoms with Crippen molar-refractivity contribution in [2.75, 3.05) is 26.4 Å². The van der Waals surface area contributed by atoms with Crippen molar-refractivity contribution in [3.63, 3.8) is 0 Å². The first kappa shape index (κ1) is 19.3. The van der Waals surface area contributed by atoms with Crippen LogP contribution in [0.5, 0.6) is 0 Å². The maximum atomic E-state index is 6.16. The van der Waals surface area contributed by atoms with Crippen molar-refractivity contribution in [3.8, 4) is 0 Å². The summed E-state index contributed by atoms with van der Waals surface area (Å²) in [5.74, 6) is 0. The van der Waals surface area contributed by atoms with E-state index < -0.39 is 17.1 Å². The molecule has 0 rings (SSSR count). The zero-order chi connectivity index (χ0) is 14.8. The Kier molecular flexibility index (Phi) is 10.2. The van der Waals surface area contributed by atoms with Crippen LogP contribution in [0.3, 0.4) is 0 Å². The molecule has 0 aliphatic heterocycles. The molecule has 0 spiro atoms. The average molecular weight is 309 g/mol. The van der Waals surface area contributed by atoms with Crippen LogP contribution in [0.25, 0.3) is 0 Å². The van der Waals surface area contributed by atoms with E-state index in [1.807, 2.05) is 20.8 Å². The molecule has 0 heterocycles. The SMILES string of the molecule is CCO[Si](CC)(CC)C[Si](OCC)(OCC)OCC. The normalized spacial score (nSPS) is 12.9. The molecule has 0 bridgehead atoms. The summed E-state index contributed by atoms with van der Waals surface area (Å²) in [4.78, 5) is 0. The third kappa shape index (κ3) is 6.05. The molecule has 0 aromatic carbocycles. The van der Waals surface area contributed by atoms with Gasteiger partial charge in [-0.2, -0.15) is 0 Å². The van der Waals surface area contributed by atoms with E-state index in [1.54, 1.807) is 0 Å². The summed E-state index contributed by atoms with van der Waals surface area (Å²) in [5, 5.41) is 0. The molecule has 0 saturated heterocycles. The van der Waals surface area contributed by atoms with Gasteiger partial charge < -0.3 is 17.7 Å². The van der Waals surface area contributed by atoms with Crippen molar-refractivity contribution in [1.82, 2.24) is 0 Å². The summed E-state index contributed by atoms with van der Waals surface area (Å²) in [5.41, 5.74) is 0.871. The number of hydrogen-bond acceptors (Lipinski definition) is 4. The van der Waals surface area contributed by atoms with Gasteiger partial charge in [0.15, 0.2) is 8.32 Å². The van der Waals surface area contributed by atoms with Gasteiger partial charge in [0.1, 0.15) is 0 Å². The Hall–Kier alpha value is 0.274. The lowest BCUT2D eigenvalue weighted by molar-refractivity contribution is 0.0740. The van der Waals surface area contributed by atoms with Crippen LogP contribution in [-0.2, 0) is 17.7 Å². The Bertz CT molecular complexity index is 206. The maximum Gasteiger partial charge on any atom is 0.500 e. The molecule has 0 unspecified atom stereocenters. The molecule has 0 radical (unpaired) electrons. The van der Waals surface area contributed by atoms with Gasteiger partial charge in [0.05, 0.1) is 0 Å². The largest absolute Gasteiger partial charge is 0.500 e. The lowest BCUT2D eigenvalue weighted by atomic mass is 10.9. The molecule has 4 nitrogen and oxygen atoms in total. The molecular formula is C13H32O4Si2. The molecular weight excluding hydrogens is 276 g/mol. The van der Waals surface area contributed by atoms with Crippen LogP contribution in [0.1, 0.15) is 41.5 Å². The fraction of sp³-hybridized carbons (Fsp3) is 1.00. The Labute approximate surface area is 121 Å². The Morgan fingerprint density at radius 3 is 1.21 bits per heavy atom.